The minimum atomic E-state index is -1.07. The Morgan fingerprint density at radius 2 is 1.91 bits per heavy atom. The molecule has 0 bridgehead atoms. The monoisotopic (exact) mass is 382 g/mol. The van der Waals surface area contributed by atoms with Crippen LogP contribution in [0, 0.1) is 11.8 Å². The highest BCUT2D eigenvalue weighted by atomic mass is 79.9. The normalized spacial score (nSPS) is 19.5. The second kappa shape index (κ2) is 7.17. The number of carbonyl (C=O) groups excluding carboxylic acids is 2. The molecule has 0 amide bonds. The predicted molar refractivity (Wildman–Crippen MR) is 88.2 cm³/mol. The quantitative estimate of drug-likeness (QED) is 0.454. The summed E-state index contributed by atoms with van der Waals surface area (Å²) in [5.41, 5.74) is 1.60. The first-order chi connectivity index (χ1) is 10.9. The van der Waals surface area contributed by atoms with Gasteiger partial charge in [0.15, 0.2) is 5.92 Å². The van der Waals surface area contributed by atoms with Crippen molar-refractivity contribution < 1.29 is 23.8 Å². The van der Waals surface area contributed by atoms with Crippen LogP contribution in [-0.2, 0) is 19.1 Å². The molecule has 1 aromatic carbocycles. The van der Waals surface area contributed by atoms with E-state index in [0.29, 0.717) is 12.4 Å². The van der Waals surface area contributed by atoms with Crippen LogP contribution in [0.5, 0.6) is 5.75 Å². The first kappa shape index (κ1) is 17.5. The number of hydrogen-bond donors (Lipinski definition) is 0. The molecule has 1 aromatic rings. The molecule has 1 aliphatic heterocycles. The Hall–Kier alpha value is -1.82. The van der Waals surface area contributed by atoms with E-state index in [1.54, 1.807) is 0 Å². The molecule has 0 unspecified atom stereocenters. The van der Waals surface area contributed by atoms with Crippen LogP contribution in [0.25, 0.3) is 0 Å². The average Bonchev–Trinajstić information content (AvgIpc) is 2.54. The average molecular weight is 383 g/mol. The van der Waals surface area contributed by atoms with Crippen LogP contribution in [-0.4, -0.2) is 32.8 Å². The third kappa shape index (κ3) is 3.42. The summed E-state index contributed by atoms with van der Waals surface area (Å²) < 4.78 is 16.3. The van der Waals surface area contributed by atoms with Gasteiger partial charge in [0.05, 0.1) is 20.8 Å². The van der Waals surface area contributed by atoms with E-state index < -0.39 is 23.8 Å². The van der Waals surface area contributed by atoms with Gasteiger partial charge in [-0.15, -0.1) is 0 Å². The van der Waals surface area contributed by atoms with E-state index in [4.69, 9.17) is 14.2 Å². The molecular weight excluding hydrogens is 364 g/mol. The zero-order valence-corrected chi connectivity index (χ0v) is 14.9. The first-order valence-corrected chi connectivity index (χ1v) is 7.93. The van der Waals surface area contributed by atoms with Crippen LogP contribution in [0.3, 0.4) is 0 Å². The molecule has 0 spiro atoms. The van der Waals surface area contributed by atoms with Gasteiger partial charge in [-0.2, -0.15) is 0 Å². The zero-order valence-electron chi connectivity index (χ0n) is 13.3. The lowest BCUT2D eigenvalue weighted by molar-refractivity contribution is -0.160. The summed E-state index contributed by atoms with van der Waals surface area (Å²) in [5, 5.41) is 0. The van der Waals surface area contributed by atoms with E-state index in [9.17, 15) is 9.59 Å². The Kier molecular flexibility index (Phi) is 5.46. The highest BCUT2D eigenvalue weighted by Crippen LogP contribution is 2.45. The van der Waals surface area contributed by atoms with Gasteiger partial charge in [-0.3, -0.25) is 9.59 Å². The van der Waals surface area contributed by atoms with Gasteiger partial charge in [0.25, 0.3) is 0 Å². The van der Waals surface area contributed by atoms with Gasteiger partial charge in [-0.05, 0) is 25.1 Å². The summed E-state index contributed by atoms with van der Waals surface area (Å²) in [6, 6.07) is 5.52. The Morgan fingerprint density at radius 1 is 1.30 bits per heavy atom. The number of methoxy groups -OCH3 is 2. The number of benzene rings is 1. The SMILES string of the molecule is C=C(C)[C@H]1COc2ccc(Br)cc2[C@H]1C(C(=O)OC)C(=O)OC. The fraction of sp³-hybridized carbons (Fsp3) is 0.412. The highest BCUT2D eigenvalue weighted by Gasteiger charge is 2.45. The second-order valence-electron chi connectivity index (χ2n) is 5.50. The molecule has 0 aliphatic carbocycles. The lowest BCUT2D eigenvalue weighted by atomic mass is 9.73. The van der Waals surface area contributed by atoms with Gasteiger partial charge in [-0.1, -0.05) is 28.1 Å². The molecule has 0 fully saturated rings. The molecule has 0 radical (unpaired) electrons. The van der Waals surface area contributed by atoms with Gasteiger partial charge in [0, 0.05) is 21.9 Å². The molecule has 23 heavy (non-hydrogen) atoms. The van der Waals surface area contributed by atoms with Crippen molar-refractivity contribution in [2.75, 3.05) is 20.8 Å². The lowest BCUT2D eigenvalue weighted by Crippen LogP contribution is -2.40. The molecule has 0 N–H and O–H groups in total. The van der Waals surface area contributed by atoms with Crippen LogP contribution in [0.2, 0.25) is 0 Å². The molecule has 0 aromatic heterocycles. The third-order valence-corrected chi connectivity index (χ3v) is 4.58. The van der Waals surface area contributed by atoms with Gasteiger partial charge in [0.2, 0.25) is 0 Å². The molecule has 5 nitrogen and oxygen atoms in total. The van der Waals surface area contributed by atoms with Crippen molar-refractivity contribution in [2.24, 2.45) is 11.8 Å². The van der Waals surface area contributed by atoms with E-state index in [1.807, 2.05) is 25.1 Å². The molecule has 2 rings (SSSR count). The molecule has 0 saturated heterocycles. The molecule has 6 heteroatoms. The van der Waals surface area contributed by atoms with Gasteiger partial charge < -0.3 is 14.2 Å². The van der Waals surface area contributed by atoms with Crippen molar-refractivity contribution in [3.63, 3.8) is 0 Å². The molecule has 0 saturated carbocycles. The van der Waals surface area contributed by atoms with Crippen LogP contribution in [0.15, 0.2) is 34.8 Å². The lowest BCUT2D eigenvalue weighted by Gasteiger charge is -2.36. The van der Waals surface area contributed by atoms with Crippen molar-refractivity contribution >= 4 is 27.9 Å². The van der Waals surface area contributed by atoms with E-state index in [1.165, 1.54) is 14.2 Å². The number of hydrogen-bond acceptors (Lipinski definition) is 5. The van der Waals surface area contributed by atoms with Crippen molar-refractivity contribution in [1.29, 1.82) is 0 Å². The third-order valence-electron chi connectivity index (χ3n) is 4.09. The number of halogens is 1. The second-order valence-corrected chi connectivity index (χ2v) is 6.41. The number of ether oxygens (including phenoxy) is 3. The van der Waals surface area contributed by atoms with Crippen molar-refractivity contribution in [3.8, 4) is 5.75 Å². The molecular formula is C17H19BrO5. The smallest absolute Gasteiger partial charge is 0.320 e. The largest absolute Gasteiger partial charge is 0.493 e. The van der Waals surface area contributed by atoms with Crippen LogP contribution in [0.4, 0.5) is 0 Å². The summed E-state index contributed by atoms with van der Waals surface area (Å²) in [6.07, 6.45) is 0. The summed E-state index contributed by atoms with van der Waals surface area (Å²) >= 11 is 3.42. The highest BCUT2D eigenvalue weighted by molar-refractivity contribution is 9.10. The van der Waals surface area contributed by atoms with Crippen molar-refractivity contribution in [2.45, 2.75) is 12.8 Å². The first-order valence-electron chi connectivity index (χ1n) is 7.14. The van der Waals surface area contributed by atoms with Crippen molar-refractivity contribution in [1.82, 2.24) is 0 Å². The number of esters is 2. The Balaban J connectivity index is 2.61. The fourth-order valence-corrected chi connectivity index (χ4v) is 3.29. The summed E-state index contributed by atoms with van der Waals surface area (Å²) in [7, 11) is 2.52. The number of carbonyl (C=O) groups is 2. The van der Waals surface area contributed by atoms with Crippen LogP contribution in [0.1, 0.15) is 18.4 Å². The van der Waals surface area contributed by atoms with Crippen LogP contribution >= 0.6 is 15.9 Å². The Labute approximate surface area is 143 Å². The van der Waals surface area contributed by atoms with E-state index in [-0.39, 0.29) is 5.92 Å². The maximum Gasteiger partial charge on any atom is 0.320 e. The van der Waals surface area contributed by atoms with Gasteiger partial charge >= 0.3 is 11.9 Å². The topological polar surface area (TPSA) is 61.8 Å². The minimum absolute atomic E-state index is 0.194. The standard InChI is InChI=1S/C17H19BrO5/c1-9(2)12-8-23-13-6-5-10(18)7-11(13)14(12)15(16(19)21-3)17(20)22-4/h5-7,12,14-15H,1,8H2,2-4H3/t12-,14-/m1/s1. The van der Waals surface area contributed by atoms with Crippen molar-refractivity contribution in [3.05, 3.63) is 40.4 Å². The molecule has 124 valence electrons. The Bertz CT molecular complexity index is 624. The van der Waals surface area contributed by atoms with Gasteiger partial charge in [0.1, 0.15) is 5.75 Å². The molecule has 1 heterocycles. The van der Waals surface area contributed by atoms with E-state index in [2.05, 4.69) is 22.5 Å². The predicted octanol–water partition coefficient (Wildman–Crippen LogP) is 3.08. The van der Waals surface area contributed by atoms with E-state index >= 15 is 0 Å². The molecule has 2 atom stereocenters. The summed E-state index contributed by atoms with van der Waals surface area (Å²) in [6.45, 7) is 6.18. The summed E-state index contributed by atoms with van der Waals surface area (Å²) in [5.74, 6) is -2.31. The summed E-state index contributed by atoms with van der Waals surface area (Å²) in [4.78, 5) is 24.5. The number of fused-ring (bicyclic) bond motifs is 1. The zero-order chi connectivity index (χ0) is 17.1. The van der Waals surface area contributed by atoms with Crippen LogP contribution < -0.4 is 4.74 Å². The Morgan fingerprint density at radius 3 is 2.43 bits per heavy atom. The maximum atomic E-state index is 12.3. The van der Waals surface area contributed by atoms with Gasteiger partial charge in [-0.25, -0.2) is 0 Å². The maximum absolute atomic E-state index is 12.3. The minimum Gasteiger partial charge on any atom is -0.493 e. The van der Waals surface area contributed by atoms with E-state index in [0.717, 1.165) is 15.6 Å². The fourth-order valence-electron chi connectivity index (χ4n) is 2.92. The molecule has 1 aliphatic rings. The number of rotatable bonds is 4.